The zero-order chi connectivity index (χ0) is 28.6. The molecule has 0 aliphatic rings. The van der Waals surface area contributed by atoms with E-state index in [1.165, 1.54) is 29.2 Å². The third-order valence-corrected chi connectivity index (χ3v) is 8.52. The average molecular weight is 570 g/mol. The maximum atomic E-state index is 14.0. The van der Waals surface area contributed by atoms with Gasteiger partial charge >= 0.3 is 0 Å². The van der Waals surface area contributed by atoms with E-state index >= 15 is 0 Å². The Kier molecular flexibility index (Phi) is 10.5. The largest absolute Gasteiger partial charge is 0.354 e. The van der Waals surface area contributed by atoms with Gasteiger partial charge < -0.3 is 10.2 Å². The summed E-state index contributed by atoms with van der Waals surface area (Å²) in [6, 6.07) is 19.7. The highest BCUT2D eigenvalue weighted by atomic mass is 35.5. The van der Waals surface area contributed by atoms with Crippen molar-refractivity contribution >= 4 is 39.1 Å². The van der Waals surface area contributed by atoms with Crippen molar-refractivity contribution in [1.29, 1.82) is 0 Å². The summed E-state index contributed by atoms with van der Waals surface area (Å²) in [4.78, 5) is 28.4. The van der Waals surface area contributed by atoms with Crippen molar-refractivity contribution in [2.24, 2.45) is 0 Å². The van der Waals surface area contributed by atoms with E-state index < -0.39 is 28.5 Å². The lowest BCUT2D eigenvalue weighted by atomic mass is 10.1. The Balaban J connectivity index is 2.01. The lowest BCUT2D eigenvalue weighted by Gasteiger charge is -2.32. The number of sulfonamides is 1. The number of nitrogens with zero attached hydrogens (tertiary/aromatic N) is 2. The SMILES string of the molecule is CCCCNC(=O)[C@H](C)N(Cc1cccc(C)c1)C(=O)CN(c1ccccc1C)S(=O)(=O)c1ccc(Cl)cc1. The maximum Gasteiger partial charge on any atom is 0.264 e. The van der Waals surface area contributed by atoms with Gasteiger partial charge in [0.1, 0.15) is 12.6 Å². The van der Waals surface area contributed by atoms with E-state index in [2.05, 4.69) is 5.32 Å². The van der Waals surface area contributed by atoms with Crippen LogP contribution in [0.2, 0.25) is 5.02 Å². The van der Waals surface area contributed by atoms with Crippen molar-refractivity contribution in [3.63, 3.8) is 0 Å². The second kappa shape index (κ2) is 13.6. The van der Waals surface area contributed by atoms with Gasteiger partial charge in [0, 0.05) is 18.1 Å². The number of aryl methyl sites for hydroxylation is 2. The summed E-state index contributed by atoms with van der Waals surface area (Å²) < 4.78 is 28.8. The van der Waals surface area contributed by atoms with Crippen LogP contribution in [0, 0.1) is 13.8 Å². The third-order valence-electron chi connectivity index (χ3n) is 6.50. The van der Waals surface area contributed by atoms with Crippen molar-refractivity contribution in [1.82, 2.24) is 10.2 Å². The number of unbranched alkanes of at least 4 members (excludes halogenated alkanes) is 1. The molecule has 0 aliphatic carbocycles. The first-order chi connectivity index (χ1) is 18.5. The normalized spacial score (nSPS) is 12.0. The molecule has 1 atom stereocenters. The van der Waals surface area contributed by atoms with Crippen molar-refractivity contribution in [3.8, 4) is 0 Å². The topological polar surface area (TPSA) is 86.8 Å². The quantitative estimate of drug-likeness (QED) is 0.292. The molecule has 0 saturated heterocycles. The first kappa shape index (κ1) is 30.2. The molecule has 0 saturated carbocycles. The van der Waals surface area contributed by atoms with Crippen molar-refractivity contribution < 1.29 is 18.0 Å². The Labute approximate surface area is 236 Å². The van der Waals surface area contributed by atoms with Gasteiger partial charge in [0.25, 0.3) is 10.0 Å². The Bertz CT molecular complexity index is 1390. The van der Waals surface area contributed by atoms with E-state index in [9.17, 15) is 18.0 Å². The van der Waals surface area contributed by atoms with Crippen LogP contribution in [0.15, 0.2) is 77.7 Å². The molecular formula is C30H36ClN3O4S. The van der Waals surface area contributed by atoms with E-state index in [-0.39, 0.29) is 17.3 Å². The lowest BCUT2D eigenvalue weighted by Crippen LogP contribution is -2.51. The van der Waals surface area contributed by atoms with Gasteiger partial charge in [0.2, 0.25) is 11.8 Å². The molecule has 0 fully saturated rings. The molecule has 3 rings (SSSR count). The first-order valence-electron chi connectivity index (χ1n) is 13.0. The van der Waals surface area contributed by atoms with Crippen LogP contribution in [0.1, 0.15) is 43.4 Å². The minimum Gasteiger partial charge on any atom is -0.354 e. The molecular weight excluding hydrogens is 534 g/mol. The molecule has 2 amide bonds. The van der Waals surface area contributed by atoms with Gasteiger partial charge in [-0.25, -0.2) is 8.42 Å². The van der Waals surface area contributed by atoms with Gasteiger partial charge in [-0.3, -0.25) is 13.9 Å². The number of hydrogen-bond acceptors (Lipinski definition) is 4. The highest BCUT2D eigenvalue weighted by Gasteiger charge is 2.33. The molecule has 9 heteroatoms. The predicted octanol–water partition coefficient (Wildman–Crippen LogP) is 5.49. The molecule has 0 unspecified atom stereocenters. The fourth-order valence-electron chi connectivity index (χ4n) is 4.22. The Hall–Kier alpha value is -3.36. The fraction of sp³-hybridized carbons (Fsp3) is 0.333. The Morgan fingerprint density at radius 2 is 1.67 bits per heavy atom. The van der Waals surface area contributed by atoms with Crippen LogP contribution in [0.25, 0.3) is 0 Å². The summed E-state index contributed by atoms with van der Waals surface area (Å²) in [7, 11) is -4.14. The van der Waals surface area contributed by atoms with E-state index in [0.29, 0.717) is 22.8 Å². The number of halogens is 1. The van der Waals surface area contributed by atoms with Gasteiger partial charge in [0.15, 0.2) is 0 Å². The number of para-hydroxylation sites is 1. The highest BCUT2D eigenvalue weighted by Crippen LogP contribution is 2.28. The average Bonchev–Trinajstić information content (AvgIpc) is 2.90. The van der Waals surface area contributed by atoms with Crippen LogP contribution < -0.4 is 9.62 Å². The standard InChI is InChI=1S/C30H36ClN3O4S/c1-5-6-18-32-30(36)24(4)33(20-25-12-9-10-22(2)19-25)29(35)21-34(28-13-8-7-11-23(28)3)39(37,38)27-16-14-26(31)15-17-27/h7-17,19,24H,5-6,18,20-21H2,1-4H3,(H,32,36)/t24-/m0/s1. The Morgan fingerprint density at radius 3 is 2.31 bits per heavy atom. The van der Waals surface area contributed by atoms with Gasteiger partial charge in [-0.2, -0.15) is 0 Å². The van der Waals surface area contributed by atoms with E-state index in [1.807, 2.05) is 38.1 Å². The van der Waals surface area contributed by atoms with Crippen LogP contribution in [-0.2, 0) is 26.2 Å². The molecule has 3 aromatic rings. The molecule has 0 radical (unpaired) electrons. The molecule has 0 bridgehead atoms. The van der Waals surface area contributed by atoms with Crippen molar-refractivity contribution in [2.45, 2.75) is 58.0 Å². The van der Waals surface area contributed by atoms with Crippen molar-refractivity contribution in [3.05, 3.63) is 94.5 Å². The summed E-state index contributed by atoms with van der Waals surface area (Å²) >= 11 is 6.00. The molecule has 0 aromatic heterocycles. The summed E-state index contributed by atoms with van der Waals surface area (Å²) in [5.41, 5.74) is 2.95. The number of anilines is 1. The molecule has 3 aromatic carbocycles. The maximum absolute atomic E-state index is 14.0. The molecule has 0 heterocycles. The summed E-state index contributed by atoms with van der Waals surface area (Å²) in [6.45, 7) is 7.63. The van der Waals surface area contributed by atoms with Crippen LogP contribution in [-0.4, -0.2) is 44.3 Å². The van der Waals surface area contributed by atoms with Crippen LogP contribution in [0.5, 0.6) is 0 Å². The van der Waals surface area contributed by atoms with Gasteiger partial charge in [0.05, 0.1) is 10.6 Å². The van der Waals surface area contributed by atoms with Crippen LogP contribution >= 0.6 is 11.6 Å². The van der Waals surface area contributed by atoms with Crippen molar-refractivity contribution in [2.75, 3.05) is 17.4 Å². The second-order valence-corrected chi connectivity index (χ2v) is 11.9. The molecule has 0 aliphatic heterocycles. The number of hydrogen-bond donors (Lipinski definition) is 1. The van der Waals surface area contributed by atoms with E-state index in [1.54, 1.807) is 38.1 Å². The number of benzene rings is 3. The molecule has 0 spiro atoms. The number of rotatable bonds is 12. The number of amides is 2. The summed E-state index contributed by atoms with van der Waals surface area (Å²) in [6.07, 6.45) is 1.75. The van der Waals surface area contributed by atoms with Gasteiger partial charge in [-0.1, -0.05) is 73.0 Å². The molecule has 1 N–H and O–H groups in total. The predicted molar refractivity (Wildman–Crippen MR) is 156 cm³/mol. The molecule has 7 nitrogen and oxygen atoms in total. The minimum absolute atomic E-state index is 0.0125. The van der Waals surface area contributed by atoms with Gasteiger partial charge in [-0.15, -0.1) is 0 Å². The fourth-order valence-corrected chi connectivity index (χ4v) is 5.82. The lowest BCUT2D eigenvalue weighted by molar-refractivity contribution is -0.139. The third kappa shape index (κ3) is 7.83. The zero-order valence-corrected chi connectivity index (χ0v) is 24.4. The molecule has 39 heavy (non-hydrogen) atoms. The molecule has 208 valence electrons. The van der Waals surface area contributed by atoms with E-state index in [4.69, 9.17) is 11.6 Å². The number of nitrogens with one attached hydrogen (secondary N) is 1. The summed E-state index contributed by atoms with van der Waals surface area (Å²) in [5.74, 6) is -0.775. The van der Waals surface area contributed by atoms with Gasteiger partial charge in [-0.05, 0) is 68.7 Å². The first-order valence-corrected chi connectivity index (χ1v) is 14.8. The minimum atomic E-state index is -4.14. The van der Waals surface area contributed by atoms with Crippen LogP contribution in [0.3, 0.4) is 0 Å². The monoisotopic (exact) mass is 569 g/mol. The smallest absolute Gasteiger partial charge is 0.264 e. The van der Waals surface area contributed by atoms with Crippen LogP contribution in [0.4, 0.5) is 5.69 Å². The summed E-state index contributed by atoms with van der Waals surface area (Å²) in [5, 5.41) is 3.30. The van der Waals surface area contributed by atoms with E-state index in [0.717, 1.165) is 28.3 Å². The number of carbonyl (C=O) groups is 2. The highest BCUT2D eigenvalue weighted by molar-refractivity contribution is 7.92. The Morgan fingerprint density at radius 1 is 0.974 bits per heavy atom. The second-order valence-electron chi connectivity index (χ2n) is 9.58. The zero-order valence-electron chi connectivity index (χ0n) is 22.9. The number of carbonyl (C=O) groups excluding carboxylic acids is 2.